The van der Waals surface area contributed by atoms with E-state index in [0.29, 0.717) is 12.8 Å². The number of nitrogens with zero attached hydrogens (tertiary/aromatic N) is 2. The maximum atomic E-state index is 13.0. The molecular formula is C23H27N3O2. The second-order valence-electron chi connectivity index (χ2n) is 7.83. The van der Waals surface area contributed by atoms with Crippen LogP contribution >= 0.6 is 0 Å². The Morgan fingerprint density at radius 2 is 1.82 bits per heavy atom. The lowest BCUT2D eigenvalue weighted by Gasteiger charge is -2.23. The van der Waals surface area contributed by atoms with E-state index in [0.717, 1.165) is 56.0 Å². The molecule has 2 aromatic rings. The Morgan fingerprint density at radius 3 is 2.64 bits per heavy atom. The molecule has 0 aliphatic carbocycles. The Bertz CT molecular complexity index is 876. The van der Waals surface area contributed by atoms with Crippen LogP contribution in [0.25, 0.3) is 0 Å². The zero-order valence-electron chi connectivity index (χ0n) is 16.4. The van der Waals surface area contributed by atoms with E-state index in [4.69, 9.17) is 0 Å². The molecule has 2 aliphatic heterocycles. The van der Waals surface area contributed by atoms with E-state index in [2.05, 4.69) is 41.4 Å². The van der Waals surface area contributed by atoms with Gasteiger partial charge in [0.15, 0.2) is 0 Å². The Balaban J connectivity index is 1.39. The third-order valence-electron chi connectivity index (χ3n) is 5.65. The van der Waals surface area contributed by atoms with Gasteiger partial charge in [0.25, 0.3) is 5.91 Å². The molecule has 2 heterocycles. The summed E-state index contributed by atoms with van der Waals surface area (Å²) in [6.07, 6.45) is 2.17. The second-order valence-corrected chi connectivity index (χ2v) is 7.83. The van der Waals surface area contributed by atoms with Crippen molar-refractivity contribution in [3.05, 3.63) is 64.7 Å². The number of amides is 2. The fourth-order valence-corrected chi connectivity index (χ4v) is 3.98. The summed E-state index contributed by atoms with van der Waals surface area (Å²) in [4.78, 5) is 28.9. The summed E-state index contributed by atoms with van der Waals surface area (Å²) in [6.45, 7) is 6.47. The van der Waals surface area contributed by atoms with Gasteiger partial charge in [-0.15, -0.1) is 0 Å². The van der Waals surface area contributed by atoms with E-state index < -0.39 is 0 Å². The first-order chi connectivity index (χ1) is 13.6. The van der Waals surface area contributed by atoms with E-state index in [9.17, 15) is 9.59 Å². The highest BCUT2D eigenvalue weighted by molar-refractivity contribution is 5.98. The van der Waals surface area contributed by atoms with E-state index in [-0.39, 0.29) is 11.8 Å². The number of fused-ring (bicyclic) bond motifs is 1. The minimum Gasteiger partial charge on any atom is -0.337 e. The SMILES string of the molecule is Cc1ccc(CN2CCCN(C(=O)c3ccc4c(c3)CCC(=O)N4)CC2)cc1. The molecule has 5 nitrogen and oxygen atoms in total. The Labute approximate surface area is 166 Å². The first kappa shape index (κ1) is 18.7. The number of rotatable bonds is 3. The van der Waals surface area contributed by atoms with Crippen LogP contribution < -0.4 is 5.32 Å². The van der Waals surface area contributed by atoms with Crippen molar-refractivity contribution in [2.75, 3.05) is 31.5 Å². The predicted octanol–water partition coefficient (Wildman–Crippen LogP) is 3.23. The Hall–Kier alpha value is -2.66. The minimum atomic E-state index is 0.0489. The molecule has 1 fully saturated rings. The van der Waals surface area contributed by atoms with Gasteiger partial charge in [0.2, 0.25) is 5.91 Å². The fourth-order valence-electron chi connectivity index (χ4n) is 3.98. The largest absolute Gasteiger partial charge is 0.337 e. The summed E-state index contributed by atoms with van der Waals surface area (Å²) in [5.74, 6) is 0.143. The zero-order chi connectivity index (χ0) is 19.5. The fraction of sp³-hybridized carbons (Fsp3) is 0.391. The Morgan fingerprint density at radius 1 is 1.00 bits per heavy atom. The smallest absolute Gasteiger partial charge is 0.253 e. The molecule has 0 radical (unpaired) electrons. The summed E-state index contributed by atoms with van der Waals surface area (Å²) in [7, 11) is 0. The molecule has 2 aliphatic rings. The molecule has 0 bridgehead atoms. The Kier molecular flexibility index (Phi) is 5.44. The van der Waals surface area contributed by atoms with Gasteiger partial charge in [-0.2, -0.15) is 0 Å². The first-order valence-electron chi connectivity index (χ1n) is 10.1. The molecule has 1 N–H and O–H groups in total. The van der Waals surface area contributed by atoms with Crippen LogP contribution in [0.4, 0.5) is 5.69 Å². The molecule has 5 heteroatoms. The van der Waals surface area contributed by atoms with Crippen molar-refractivity contribution >= 4 is 17.5 Å². The molecule has 4 rings (SSSR count). The summed E-state index contributed by atoms with van der Waals surface area (Å²) < 4.78 is 0. The highest BCUT2D eigenvalue weighted by Crippen LogP contribution is 2.24. The lowest BCUT2D eigenvalue weighted by molar-refractivity contribution is -0.116. The molecule has 0 atom stereocenters. The van der Waals surface area contributed by atoms with Gasteiger partial charge in [-0.05, 0) is 49.1 Å². The average Bonchev–Trinajstić information content (AvgIpc) is 2.94. The van der Waals surface area contributed by atoms with Gasteiger partial charge in [0, 0.05) is 50.4 Å². The summed E-state index contributed by atoms with van der Waals surface area (Å²) >= 11 is 0. The molecule has 0 aromatic heterocycles. The van der Waals surface area contributed by atoms with Gasteiger partial charge in [-0.1, -0.05) is 29.8 Å². The number of carbonyl (C=O) groups is 2. The maximum Gasteiger partial charge on any atom is 0.253 e. The van der Waals surface area contributed by atoms with Gasteiger partial charge >= 0.3 is 0 Å². The van der Waals surface area contributed by atoms with Crippen LogP contribution in [0.3, 0.4) is 0 Å². The first-order valence-corrected chi connectivity index (χ1v) is 10.1. The van der Waals surface area contributed by atoms with E-state index in [1.807, 2.05) is 23.1 Å². The standard InChI is InChI=1S/C23H27N3O2/c1-17-3-5-18(6-4-17)16-25-11-2-12-26(14-13-25)23(28)20-7-9-21-19(15-20)8-10-22(27)24-21/h3-7,9,15H,2,8,10-14,16H2,1H3,(H,24,27). The molecule has 0 unspecified atom stereocenters. The molecule has 28 heavy (non-hydrogen) atoms. The summed E-state index contributed by atoms with van der Waals surface area (Å²) in [5, 5.41) is 2.88. The van der Waals surface area contributed by atoms with Crippen LogP contribution in [0, 0.1) is 6.92 Å². The van der Waals surface area contributed by atoms with Crippen LogP contribution in [-0.2, 0) is 17.8 Å². The van der Waals surface area contributed by atoms with Crippen molar-refractivity contribution < 1.29 is 9.59 Å². The monoisotopic (exact) mass is 377 g/mol. The summed E-state index contributed by atoms with van der Waals surface area (Å²) in [5.41, 5.74) is 5.22. The van der Waals surface area contributed by atoms with Crippen molar-refractivity contribution in [3.8, 4) is 0 Å². The third-order valence-corrected chi connectivity index (χ3v) is 5.65. The quantitative estimate of drug-likeness (QED) is 0.894. The second kappa shape index (κ2) is 8.15. The van der Waals surface area contributed by atoms with Gasteiger partial charge in [-0.3, -0.25) is 14.5 Å². The topological polar surface area (TPSA) is 52.7 Å². The van der Waals surface area contributed by atoms with Crippen LogP contribution in [-0.4, -0.2) is 47.8 Å². The normalized spacial score (nSPS) is 17.6. The van der Waals surface area contributed by atoms with Crippen molar-refractivity contribution in [1.29, 1.82) is 0 Å². The molecular weight excluding hydrogens is 350 g/mol. The lowest BCUT2D eigenvalue weighted by Crippen LogP contribution is -2.35. The molecule has 2 aromatic carbocycles. The summed E-state index contributed by atoms with van der Waals surface area (Å²) in [6, 6.07) is 14.3. The number of aryl methyl sites for hydroxylation is 2. The van der Waals surface area contributed by atoms with E-state index in [1.54, 1.807) is 0 Å². The zero-order valence-corrected chi connectivity index (χ0v) is 16.4. The van der Waals surface area contributed by atoms with Gasteiger partial charge in [-0.25, -0.2) is 0 Å². The van der Waals surface area contributed by atoms with E-state index >= 15 is 0 Å². The number of hydrogen-bond donors (Lipinski definition) is 1. The van der Waals surface area contributed by atoms with Crippen LogP contribution in [0.2, 0.25) is 0 Å². The highest BCUT2D eigenvalue weighted by atomic mass is 16.2. The molecule has 1 saturated heterocycles. The number of benzene rings is 2. The maximum absolute atomic E-state index is 13.0. The van der Waals surface area contributed by atoms with Crippen molar-refractivity contribution in [1.82, 2.24) is 9.80 Å². The van der Waals surface area contributed by atoms with Crippen LogP contribution in [0.15, 0.2) is 42.5 Å². The van der Waals surface area contributed by atoms with Gasteiger partial charge in [0.05, 0.1) is 0 Å². The van der Waals surface area contributed by atoms with Crippen molar-refractivity contribution in [2.45, 2.75) is 32.7 Å². The van der Waals surface area contributed by atoms with E-state index in [1.165, 1.54) is 11.1 Å². The minimum absolute atomic E-state index is 0.0489. The third kappa shape index (κ3) is 4.25. The number of anilines is 1. The lowest BCUT2D eigenvalue weighted by atomic mass is 10.00. The molecule has 2 amide bonds. The molecule has 146 valence electrons. The van der Waals surface area contributed by atoms with Gasteiger partial charge in [0.1, 0.15) is 0 Å². The van der Waals surface area contributed by atoms with Gasteiger partial charge < -0.3 is 10.2 Å². The molecule has 0 spiro atoms. The highest BCUT2D eigenvalue weighted by Gasteiger charge is 2.22. The number of hydrogen-bond acceptors (Lipinski definition) is 3. The average molecular weight is 377 g/mol. The predicted molar refractivity (Wildman–Crippen MR) is 110 cm³/mol. The van der Waals surface area contributed by atoms with Crippen molar-refractivity contribution in [3.63, 3.8) is 0 Å². The van der Waals surface area contributed by atoms with Crippen molar-refractivity contribution in [2.24, 2.45) is 0 Å². The van der Waals surface area contributed by atoms with Crippen LogP contribution in [0.5, 0.6) is 0 Å². The number of nitrogens with one attached hydrogen (secondary N) is 1. The number of carbonyl (C=O) groups excluding carboxylic acids is 2. The van der Waals surface area contributed by atoms with Crippen LogP contribution in [0.1, 0.15) is 39.9 Å². The molecule has 0 saturated carbocycles.